The van der Waals surface area contributed by atoms with Crippen molar-refractivity contribution in [2.24, 2.45) is 5.73 Å². The first-order chi connectivity index (χ1) is 15.9. The molecule has 4 aromatic rings. The van der Waals surface area contributed by atoms with E-state index in [9.17, 15) is 14.0 Å². The van der Waals surface area contributed by atoms with Crippen molar-refractivity contribution >= 4 is 38.8 Å². The average molecular weight is 463 g/mol. The van der Waals surface area contributed by atoms with Crippen LogP contribution in [0.15, 0.2) is 65.5 Å². The fourth-order valence-corrected chi connectivity index (χ4v) is 5.40. The van der Waals surface area contributed by atoms with Gasteiger partial charge in [0.25, 0.3) is 11.5 Å². The number of carbonyl (C=O) groups is 1. The first kappa shape index (κ1) is 21.4. The van der Waals surface area contributed by atoms with Crippen LogP contribution in [0.25, 0.3) is 15.9 Å². The van der Waals surface area contributed by atoms with Crippen molar-refractivity contribution < 1.29 is 9.18 Å². The molecule has 5 rings (SSSR count). The van der Waals surface area contributed by atoms with Crippen LogP contribution in [0.1, 0.15) is 21.7 Å². The number of nitrogens with one attached hydrogen (secondary N) is 1. The maximum absolute atomic E-state index is 13.8. The van der Waals surface area contributed by atoms with E-state index in [1.807, 2.05) is 30.3 Å². The van der Waals surface area contributed by atoms with Gasteiger partial charge in [-0.3, -0.25) is 14.2 Å². The molecule has 2 aromatic heterocycles. The lowest BCUT2D eigenvalue weighted by molar-refractivity contribution is 0.0796. The number of hydrogen-bond acceptors (Lipinski definition) is 5. The number of thiophene rings is 1. The summed E-state index contributed by atoms with van der Waals surface area (Å²) in [4.78, 5) is 29.3. The van der Waals surface area contributed by atoms with Gasteiger partial charge in [-0.2, -0.15) is 0 Å². The zero-order valence-electron chi connectivity index (χ0n) is 18.0. The number of aryl methyl sites for hydroxylation is 1. The van der Waals surface area contributed by atoms with E-state index in [1.165, 1.54) is 23.5 Å². The van der Waals surface area contributed by atoms with Crippen LogP contribution in [-0.4, -0.2) is 34.5 Å². The summed E-state index contributed by atoms with van der Waals surface area (Å²) in [7, 11) is 0. The average Bonchev–Trinajstić information content (AvgIpc) is 3.40. The van der Waals surface area contributed by atoms with Crippen LogP contribution in [0, 0.1) is 12.7 Å². The lowest BCUT2D eigenvalue weighted by Crippen LogP contribution is -2.31. The van der Waals surface area contributed by atoms with Crippen LogP contribution in [0.5, 0.6) is 0 Å². The van der Waals surface area contributed by atoms with Gasteiger partial charge in [-0.15, -0.1) is 11.3 Å². The second-order valence-electron chi connectivity index (χ2n) is 8.26. The van der Waals surface area contributed by atoms with E-state index < -0.39 is 0 Å². The van der Waals surface area contributed by atoms with Gasteiger partial charge in [0.15, 0.2) is 0 Å². The first-order valence-electron chi connectivity index (χ1n) is 10.7. The van der Waals surface area contributed by atoms with Crippen molar-refractivity contribution in [3.63, 3.8) is 0 Å². The summed E-state index contributed by atoms with van der Waals surface area (Å²) >= 11 is 1.28. The van der Waals surface area contributed by atoms with Gasteiger partial charge in [0.2, 0.25) is 0 Å². The number of nitrogens with zero attached hydrogens (tertiary/aromatic N) is 2. The number of halogens is 1. The van der Waals surface area contributed by atoms with Crippen LogP contribution in [0.2, 0.25) is 0 Å². The molecule has 1 saturated heterocycles. The number of benzene rings is 2. The monoisotopic (exact) mass is 462 g/mol. The van der Waals surface area contributed by atoms with Gasteiger partial charge in [-0.05, 0) is 55.3 Å². The van der Waals surface area contributed by atoms with Crippen LogP contribution < -0.4 is 16.6 Å². The zero-order chi connectivity index (χ0) is 23.1. The minimum atomic E-state index is -0.295. The van der Waals surface area contributed by atoms with E-state index in [1.54, 1.807) is 34.6 Å². The molecule has 33 heavy (non-hydrogen) atoms. The van der Waals surface area contributed by atoms with E-state index in [0.29, 0.717) is 39.7 Å². The Labute approximate surface area is 194 Å². The Morgan fingerprint density at radius 1 is 1.15 bits per heavy atom. The Morgan fingerprint density at radius 2 is 1.94 bits per heavy atom. The quantitative estimate of drug-likeness (QED) is 0.471. The van der Waals surface area contributed by atoms with Gasteiger partial charge < -0.3 is 16.0 Å². The third-order valence-corrected chi connectivity index (χ3v) is 7.07. The fourth-order valence-electron chi connectivity index (χ4n) is 4.16. The Kier molecular flexibility index (Phi) is 5.47. The van der Waals surface area contributed by atoms with Gasteiger partial charge in [0, 0.05) is 36.3 Å². The van der Waals surface area contributed by atoms with E-state index in [4.69, 9.17) is 5.73 Å². The zero-order valence-corrected chi connectivity index (χ0v) is 18.9. The highest BCUT2D eigenvalue weighted by molar-refractivity contribution is 7.21. The highest BCUT2D eigenvalue weighted by Crippen LogP contribution is 2.39. The molecule has 0 radical (unpaired) electrons. The first-order valence-corrected chi connectivity index (χ1v) is 11.6. The van der Waals surface area contributed by atoms with Crippen LogP contribution >= 0.6 is 11.3 Å². The maximum atomic E-state index is 13.8. The summed E-state index contributed by atoms with van der Waals surface area (Å²) in [5.41, 5.74) is 8.36. The summed E-state index contributed by atoms with van der Waals surface area (Å²) in [6.45, 7) is 2.78. The molecule has 1 amide bonds. The molecule has 6 nitrogen and oxygen atoms in total. The highest BCUT2D eigenvalue weighted by atomic mass is 32.1. The molecule has 1 aliphatic rings. The van der Waals surface area contributed by atoms with E-state index >= 15 is 0 Å². The number of rotatable bonds is 4. The SMILES string of the molecule is Cc1cc(Nc2c(C(=O)N3CC[C@@H](N)C3)sc3c2ccc(=O)n3-c2ccccc2)ccc1F. The minimum Gasteiger partial charge on any atom is -0.354 e. The molecule has 3 N–H and O–H groups in total. The number of amides is 1. The molecular weight excluding hydrogens is 439 g/mol. The summed E-state index contributed by atoms with van der Waals surface area (Å²) in [5.74, 6) is -0.423. The van der Waals surface area contributed by atoms with E-state index in [2.05, 4.69) is 5.32 Å². The lowest BCUT2D eigenvalue weighted by atomic mass is 10.2. The molecule has 3 heterocycles. The van der Waals surface area contributed by atoms with Gasteiger partial charge in [0.1, 0.15) is 15.5 Å². The molecule has 2 aromatic carbocycles. The predicted octanol–water partition coefficient (Wildman–Crippen LogP) is 4.42. The number of anilines is 2. The van der Waals surface area contributed by atoms with Crippen LogP contribution in [-0.2, 0) is 0 Å². The number of carbonyl (C=O) groups excluding carboxylic acids is 1. The number of pyridine rings is 1. The second kappa shape index (κ2) is 8.46. The normalized spacial score (nSPS) is 15.8. The third-order valence-electron chi connectivity index (χ3n) is 5.89. The molecule has 1 fully saturated rings. The Balaban J connectivity index is 1.71. The molecule has 0 spiro atoms. The lowest BCUT2D eigenvalue weighted by Gasteiger charge is -2.16. The molecule has 168 valence electrons. The number of hydrogen-bond donors (Lipinski definition) is 2. The largest absolute Gasteiger partial charge is 0.354 e. The molecule has 1 aliphatic heterocycles. The van der Waals surface area contributed by atoms with E-state index in [0.717, 1.165) is 17.5 Å². The second-order valence-corrected chi connectivity index (χ2v) is 9.26. The fraction of sp³-hybridized carbons (Fsp3) is 0.200. The van der Waals surface area contributed by atoms with Crippen molar-refractivity contribution in [3.8, 4) is 5.69 Å². The highest BCUT2D eigenvalue weighted by Gasteiger charge is 2.29. The third kappa shape index (κ3) is 3.92. The number of likely N-dealkylation sites (tertiary alicyclic amines) is 1. The van der Waals surface area contributed by atoms with Crippen LogP contribution in [0.3, 0.4) is 0 Å². The Hall–Kier alpha value is -3.49. The van der Waals surface area contributed by atoms with Gasteiger partial charge in [-0.1, -0.05) is 18.2 Å². The standard InChI is InChI=1S/C25H23FN4O2S/c1-15-13-17(7-9-20(15)26)28-22-19-8-10-21(31)30(18-5-3-2-4-6-18)25(19)33-23(22)24(32)29-12-11-16(27)14-29/h2-10,13,16,28H,11-12,14,27H2,1H3/t16-/m1/s1. The predicted molar refractivity (Wildman–Crippen MR) is 130 cm³/mol. The number of nitrogens with two attached hydrogens (primary N) is 1. The molecule has 0 bridgehead atoms. The Morgan fingerprint density at radius 3 is 2.64 bits per heavy atom. The Bertz CT molecular complexity index is 1410. The molecule has 0 saturated carbocycles. The smallest absolute Gasteiger partial charge is 0.266 e. The summed E-state index contributed by atoms with van der Waals surface area (Å²) in [5, 5.41) is 4.07. The van der Waals surface area contributed by atoms with Crippen molar-refractivity contribution in [3.05, 3.63) is 87.3 Å². The number of fused-ring (bicyclic) bond motifs is 1. The van der Waals surface area contributed by atoms with Crippen molar-refractivity contribution in [1.29, 1.82) is 0 Å². The molecule has 8 heteroatoms. The summed E-state index contributed by atoms with van der Waals surface area (Å²) in [6, 6.07) is 17.3. The molecular formula is C25H23FN4O2S. The van der Waals surface area contributed by atoms with Crippen molar-refractivity contribution in [1.82, 2.24) is 9.47 Å². The van der Waals surface area contributed by atoms with Gasteiger partial charge >= 0.3 is 0 Å². The van der Waals surface area contributed by atoms with E-state index in [-0.39, 0.29) is 23.3 Å². The topological polar surface area (TPSA) is 80.4 Å². The molecule has 0 unspecified atom stereocenters. The molecule has 0 aliphatic carbocycles. The molecule has 1 atom stereocenters. The van der Waals surface area contributed by atoms with Gasteiger partial charge in [0.05, 0.1) is 11.4 Å². The summed E-state index contributed by atoms with van der Waals surface area (Å²) in [6.07, 6.45) is 0.755. The maximum Gasteiger partial charge on any atom is 0.266 e. The van der Waals surface area contributed by atoms with Gasteiger partial charge in [-0.25, -0.2) is 4.39 Å². The number of para-hydroxylation sites is 1. The van der Waals surface area contributed by atoms with Crippen LogP contribution in [0.4, 0.5) is 15.8 Å². The number of aromatic nitrogens is 1. The van der Waals surface area contributed by atoms with Crippen molar-refractivity contribution in [2.75, 3.05) is 18.4 Å². The minimum absolute atomic E-state index is 0.0398. The summed E-state index contributed by atoms with van der Waals surface area (Å²) < 4.78 is 15.4. The van der Waals surface area contributed by atoms with Crippen molar-refractivity contribution in [2.45, 2.75) is 19.4 Å².